The van der Waals surface area contributed by atoms with Gasteiger partial charge in [0.25, 0.3) is 0 Å². The highest BCUT2D eigenvalue weighted by Crippen LogP contribution is 2.33. The van der Waals surface area contributed by atoms with E-state index in [2.05, 4.69) is 109 Å². The Balaban J connectivity index is 1.14. The van der Waals surface area contributed by atoms with E-state index in [1.165, 1.54) is 0 Å². The number of hydrogen-bond donors (Lipinski definition) is 0. The lowest BCUT2D eigenvalue weighted by Gasteiger charge is -2.12. The first-order chi connectivity index (χ1) is 25.7. The van der Waals surface area contributed by atoms with Crippen LogP contribution in [0.5, 0.6) is 0 Å². The van der Waals surface area contributed by atoms with Crippen molar-refractivity contribution in [3.8, 4) is 79.2 Å². The van der Waals surface area contributed by atoms with Crippen LogP contribution in [0.4, 0.5) is 0 Å². The number of rotatable bonds is 7. The second-order valence-electron chi connectivity index (χ2n) is 12.6. The Bertz CT molecular complexity index is 2610. The van der Waals surface area contributed by atoms with E-state index in [-0.39, 0.29) is 0 Å². The third kappa shape index (κ3) is 6.23. The van der Waals surface area contributed by atoms with Gasteiger partial charge in [-0.05, 0) is 40.1 Å². The van der Waals surface area contributed by atoms with E-state index in [0.29, 0.717) is 23.3 Å². The molecule has 0 saturated carbocycles. The van der Waals surface area contributed by atoms with Gasteiger partial charge in [0, 0.05) is 33.4 Å². The molecule has 0 bridgehead atoms. The molecule has 9 rings (SSSR count). The number of benzene rings is 7. The lowest BCUT2D eigenvalue weighted by molar-refractivity contribution is 1.08. The second kappa shape index (κ2) is 13.7. The van der Waals surface area contributed by atoms with E-state index in [0.717, 1.165) is 66.7 Å². The molecule has 5 heteroatoms. The maximum Gasteiger partial charge on any atom is 0.164 e. The molecule has 0 aliphatic heterocycles. The zero-order chi connectivity index (χ0) is 34.7. The highest BCUT2D eigenvalue weighted by Gasteiger charge is 2.16. The third-order valence-electron chi connectivity index (χ3n) is 9.14. The first-order valence-corrected chi connectivity index (χ1v) is 17.3. The third-order valence-corrected chi connectivity index (χ3v) is 9.14. The monoisotopic (exact) mass is 665 g/mol. The fraction of sp³-hybridized carbons (Fsp3) is 0. The van der Waals surface area contributed by atoms with E-state index >= 15 is 0 Å². The van der Waals surface area contributed by atoms with Gasteiger partial charge in [-0.25, -0.2) is 24.9 Å². The van der Waals surface area contributed by atoms with Crippen LogP contribution in [-0.4, -0.2) is 24.9 Å². The molecule has 0 amide bonds. The molecule has 0 aliphatic carbocycles. The molecule has 0 N–H and O–H groups in total. The van der Waals surface area contributed by atoms with E-state index in [1.54, 1.807) is 0 Å². The van der Waals surface area contributed by atoms with E-state index in [4.69, 9.17) is 24.9 Å². The Hall–Kier alpha value is -7.11. The molecule has 0 radical (unpaired) electrons. The molecule has 52 heavy (non-hydrogen) atoms. The van der Waals surface area contributed by atoms with Crippen molar-refractivity contribution in [2.75, 3.05) is 0 Å². The average Bonchev–Trinajstić information content (AvgIpc) is 3.24. The van der Waals surface area contributed by atoms with Gasteiger partial charge in [-0.2, -0.15) is 0 Å². The summed E-state index contributed by atoms with van der Waals surface area (Å²) in [6.45, 7) is 0. The standard InChI is InChI=1S/C47H31N5/c1-4-16-33(17-5-1)42-31-43(49-44(48-42)34-18-6-2-7-19-34)38-25-12-23-36(29-38)37-24-13-26-39(30-37)46-50-45(35-20-8-3-9-21-35)51-47(52-46)41-28-14-22-32-15-10-11-27-40(32)41/h1-31H. The lowest BCUT2D eigenvalue weighted by atomic mass is 9.99. The zero-order valence-corrected chi connectivity index (χ0v) is 28.1. The molecular weight excluding hydrogens is 635 g/mol. The van der Waals surface area contributed by atoms with Crippen molar-refractivity contribution in [2.45, 2.75) is 0 Å². The van der Waals surface area contributed by atoms with Crippen LogP contribution in [0.15, 0.2) is 188 Å². The first-order valence-electron chi connectivity index (χ1n) is 17.3. The van der Waals surface area contributed by atoms with E-state index in [1.807, 2.05) is 78.9 Å². The Labute approximate surface area is 302 Å². The Morgan fingerprint density at radius 2 is 0.673 bits per heavy atom. The Kier molecular flexibility index (Phi) is 8.12. The van der Waals surface area contributed by atoms with Crippen molar-refractivity contribution in [1.29, 1.82) is 0 Å². The summed E-state index contributed by atoms with van der Waals surface area (Å²) in [6, 6.07) is 64.0. The molecule has 0 fully saturated rings. The predicted octanol–water partition coefficient (Wildman–Crippen LogP) is 11.5. The van der Waals surface area contributed by atoms with Gasteiger partial charge in [0.2, 0.25) is 0 Å². The van der Waals surface area contributed by atoms with Crippen LogP contribution in [0.1, 0.15) is 0 Å². The van der Waals surface area contributed by atoms with Crippen LogP contribution >= 0.6 is 0 Å². The summed E-state index contributed by atoms with van der Waals surface area (Å²) in [5.41, 5.74) is 9.68. The summed E-state index contributed by atoms with van der Waals surface area (Å²) in [4.78, 5) is 25.1. The molecule has 2 heterocycles. The Morgan fingerprint density at radius 3 is 1.35 bits per heavy atom. The number of nitrogens with zero attached hydrogens (tertiary/aromatic N) is 5. The molecule has 0 saturated heterocycles. The van der Waals surface area contributed by atoms with Crippen LogP contribution in [0.2, 0.25) is 0 Å². The SMILES string of the molecule is c1ccc(-c2cc(-c3cccc(-c4cccc(-c5nc(-c6ccccc6)nc(-c6cccc7ccccc67)n5)c4)c3)nc(-c3ccccc3)n2)cc1. The molecular formula is C47H31N5. The quantitative estimate of drug-likeness (QED) is 0.169. The minimum absolute atomic E-state index is 0.616. The van der Waals surface area contributed by atoms with Gasteiger partial charge < -0.3 is 0 Å². The topological polar surface area (TPSA) is 64.5 Å². The Morgan fingerprint density at radius 1 is 0.250 bits per heavy atom. The molecule has 0 spiro atoms. The molecule has 0 atom stereocenters. The van der Waals surface area contributed by atoms with Crippen molar-refractivity contribution in [3.05, 3.63) is 188 Å². The van der Waals surface area contributed by atoms with Crippen LogP contribution in [0, 0.1) is 0 Å². The van der Waals surface area contributed by atoms with Crippen molar-refractivity contribution in [1.82, 2.24) is 24.9 Å². The summed E-state index contributed by atoms with van der Waals surface area (Å²) in [5.74, 6) is 2.58. The minimum Gasteiger partial charge on any atom is -0.228 e. The molecule has 9 aromatic rings. The van der Waals surface area contributed by atoms with Gasteiger partial charge >= 0.3 is 0 Å². The summed E-state index contributed by atoms with van der Waals surface area (Å²) >= 11 is 0. The van der Waals surface area contributed by atoms with Crippen molar-refractivity contribution in [3.63, 3.8) is 0 Å². The molecule has 244 valence electrons. The van der Waals surface area contributed by atoms with E-state index < -0.39 is 0 Å². The number of hydrogen-bond acceptors (Lipinski definition) is 5. The van der Waals surface area contributed by atoms with E-state index in [9.17, 15) is 0 Å². The smallest absolute Gasteiger partial charge is 0.164 e. The fourth-order valence-electron chi connectivity index (χ4n) is 6.53. The van der Waals surface area contributed by atoms with Crippen LogP contribution in [0.25, 0.3) is 90.0 Å². The number of aromatic nitrogens is 5. The molecule has 0 aliphatic rings. The maximum atomic E-state index is 5.09. The molecule has 7 aromatic carbocycles. The van der Waals surface area contributed by atoms with Gasteiger partial charge in [0.15, 0.2) is 23.3 Å². The summed E-state index contributed by atoms with van der Waals surface area (Å²) in [6.07, 6.45) is 0. The van der Waals surface area contributed by atoms with Gasteiger partial charge in [-0.1, -0.05) is 170 Å². The number of fused-ring (bicyclic) bond motifs is 1. The first kappa shape index (κ1) is 30.9. The van der Waals surface area contributed by atoms with Gasteiger partial charge in [0.1, 0.15) is 0 Å². The molecule has 2 aromatic heterocycles. The largest absolute Gasteiger partial charge is 0.228 e. The summed E-state index contributed by atoms with van der Waals surface area (Å²) in [5, 5.41) is 2.24. The van der Waals surface area contributed by atoms with Crippen LogP contribution < -0.4 is 0 Å². The lowest BCUT2D eigenvalue weighted by Crippen LogP contribution is -2.00. The molecule has 5 nitrogen and oxygen atoms in total. The van der Waals surface area contributed by atoms with Crippen LogP contribution in [0.3, 0.4) is 0 Å². The fourth-order valence-corrected chi connectivity index (χ4v) is 6.53. The maximum absolute atomic E-state index is 5.09. The second-order valence-corrected chi connectivity index (χ2v) is 12.6. The minimum atomic E-state index is 0.616. The van der Waals surface area contributed by atoms with Crippen LogP contribution in [-0.2, 0) is 0 Å². The summed E-state index contributed by atoms with van der Waals surface area (Å²) in [7, 11) is 0. The van der Waals surface area contributed by atoms with Gasteiger partial charge in [-0.3, -0.25) is 0 Å². The van der Waals surface area contributed by atoms with Gasteiger partial charge in [0.05, 0.1) is 11.4 Å². The highest BCUT2D eigenvalue weighted by molar-refractivity contribution is 5.95. The summed E-state index contributed by atoms with van der Waals surface area (Å²) < 4.78 is 0. The predicted molar refractivity (Wildman–Crippen MR) is 211 cm³/mol. The van der Waals surface area contributed by atoms with Crippen molar-refractivity contribution >= 4 is 10.8 Å². The van der Waals surface area contributed by atoms with Crippen molar-refractivity contribution in [2.24, 2.45) is 0 Å². The average molecular weight is 666 g/mol. The normalized spacial score (nSPS) is 11.1. The van der Waals surface area contributed by atoms with Crippen molar-refractivity contribution < 1.29 is 0 Å². The molecule has 0 unspecified atom stereocenters. The highest BCUT2D eigenvalue weighted by atomic mass is 15.0. The van der Waals surface area contributed by atoms with Gasteiger partial charge in [-0.15, -0.1) is 0 Å². The zero-order valence-electron chi connectivity index (χ0n) is 28.1.